The number of likely N-dealkylation sites (tertiary alicyclic amines) is 1. The molecule has 0 atom stereocenters. The average molecular weight is 256 g/mol. The number of nitrogens with zero attached hydrogens (tertiary/aromatic N) is 1. The topological polar surface area (TPSA) is 41.6 Å². The lowest BCUT2D eigenvalue weighted by Crippen LogP contribution is -2.43. The van der Waals surface area contributed by atoms with E-state index < -0.39 is 0 Å². The van der Waals surface area contributed by atoms with Crippen LogP contribution in [0.25, 0.3) is 0 Å². The maximum atomic E-state index is 11.6. The van der Waals surface area contributed by atoms with Crippen LogP contribution in [0.1, 0.15) is 39.5 Å². The lowest BCUT2D eigenvalue weighted by molar-refractivity contribution is -0.123. The predicted molar refractivity (Wildman–Crippen MR) is 73.6 cm³/mol. The molecule has 0 aromatic heterocycles. The van der Waals surface area contributed by atoms with Crippen molar-refractivity contribution in [1.82, 2.24) is 10.2 Å². The van der Waals surface area contributed by atoms with Gasteiger partial charge in [-0.25, -0.2) is 0 Å². The first-order valence-corrected chi connectivity index (χ1v) is 7.12. The first-order chi connectivity index (χ1) is 8.61. The smallest absolute Gasteiger partial charge is 0.234 e. The number of carbonyl (C=O) groups excluding carboxylic acids is 1. The Kier molecular flexibility index (Phi) is 7.28. The highest BCUT2D eigenvalue weighted by Gasteiger charge is 2.20. The summed E-state index contributed by atoms with van der Waals surface area (Å²) < 4.78 is 5.08. The van der Waals surface area contributed by atoms with Crippen LogP contribution in [-0.2, 0) is 9.53 Å². The third kappa shape index (κ3) is 6.36. The molecule has 106 valence electrons. The summed E-state index contributed by atoms with van der Waals surface area (Å²) in [5.41, 5.74) is 0. The third-order valence-corrected chi connectivity index (χ3v) is 3.48. The van der Waals surface area contributed by atoms with Gasteiger partial charge in [-0.15, -0.1) is 0 Å². The zero-order chi connectivity index (χ0) is 13.4. The largest absolute Gasteiger partial charge is 0.385 e. The predicted octanol–water partition coefficient (Wildman–Crippen LogP) is 1.65. The molecule has 1 fully saturated rings. The van der Waals surface area contributed by atoms with Crippen LogP contribution in [0.15, 0.2) is 0 Å². The monoisotopic (exact) mass is 256 g/mol. The standard InChI is InChI=1S/C14H28N2O2/c1-12(2)15-14(17)11-16-8-6-13(7-9-16)5-4-10-18-3/h12-13H,4-11H2,1-3H3,(H,15,17). The van der Waals surface area contributed by atoms with Gasteiger partial charge in [0, 0.05) is 19.8 Å². The van der Waals surface area contributed by atoms with Crippen molar-refractivity contribution in [1.29, 1.82) is 0 Å². The molecular weight excluding hydrogens is 228 g/mol. The number of amides is 1. The molecule has 0 aliphatic carbocycles. The second-order valence-corrected chi connectivity index (χ2v) is 5.58. The molecule has 1 saturated heterocycles. The summed E-state index contributed by atoms with van der Waals surface area (Å²) in [6.45, 7) is 7.55. The number of piperidine rings is 1. The van der Waals surface area contributed by atoms with E-state index >= 15 is 0 Å². The second-order valence-electron chi connectivity index (χ2n) is 5.58. The highest BCUT2D eigenvalue weighted by atomic mass is 16.5. The number of nitrogens with one attached hydrogen (secondary N) is 1. The second kappa shape index (κ2) is 8.48. The van der Waals surface area contributed by atoms with E-state index in [2.05, 4.69) is 10.2 Å². The molecular formula is C14H28N2O2. The first-order valence-electron chi connectivity index (χ1n) is 7.12. The highest BCUT2D eigenvalue weighted by Crippen LogP contribution is 2.21. The zero-order valence-electron chi connectivity index (χ0n) is 12.1. The van der Waals surface area contributed by atoms with E-state index in [9.17, 15) is 4.79 Å². The fourth-order valence-electron chi connectivity index (χ4n) is 2.52. The summed E-state index contributed by atoms with van der Waals surface area (Å²) in [5.74, 6) is 0.979. The van der Waals surface area contributed by atoms with E-state index in [0.717, 1.165) is 32.0 Å². The van der Waals surface area contributed by atoms with Crippen LogP contribution in [0.4, 0.5) is 0 Å². The molecule has 0 radical (unpaired) electrons. The van der Waals surface area contributed by atoms with Crippen molar-refractivity contribution in [3.8, 4) is 0 Å². The van der Waals surface area contributed by atoms with Crippen molar-refractivity contribution in [2.45, 2.75) is 45.6 Å². The molecule has 0 aromatic carbocycles. The Morgan fingerprint density at radius 1 is 1.39 bits per heavy atom. The molecule has 1 amide bonds. The van der Waals surface area contributed by atoms with Crippen LogP contribution >= 0.6 is 0 Å². The van der Waals surface area contributed by atoms with Gasteiger partial charge in [-0.2, -0.15) is 0 Å². The Hall–Kier alpha value is -0.610. The van der Waals surface area contributed by atoms with Crippen LogP contribution in [0.2, 0.25) is 0 Å². The summed E-state index contributed by atoms with van der Waals surface area (Å²) in [6.07, 6.45) is 4.87. The van der Waals surface area contributed by atoms with Crippen LogP contribution < -0.4 is 5.32 Å². The molecule has 0 bridgehead atoms. The Balaban J connectivity index is 2.13. The number of hydrogen-bond acceptors (Lipinski definition) is 3. The molecule has 1 aliphatic rings. The van der Waals surface area contributed by atoms with E-state index in [1.807, 2.05) is 13.8 Å². The van der Waals surface area contributed by atoms with Crippen molar-refractivity contribution in [2.24, 2.45) is 5.92 Å². The van der Waals surface area contributed by atoms with E-state index in [1.54, 1.807) is 7.11 Å². The van der Waals surface area contributed by atoms with Gasteiger partial charge in [0.25, 0.3) is 0 Å². The van der Waals surface area contributed by atoms with Crippen LogP contribution in [0, 0.1) is 5.92 Å². The quantitative estimate of drug-likeness (QED) is 0.704. The lowest BCUT2D eigenvalue weighted by atomic mass is 9.92. The Bertz CT molecular complexity index is 236. The Labute approximate surface area is 111 Å². The van der Waals surface area contributed by atoms with Crippen molar-refractivity contribution >= 4 is 5.91 Å². The minimum absolute atomic E-state index is 0.155. The summed E-state index contributed by atoms with van der Waals surface area (Å²) in [5, 5.41) is 2.95. The van der Waals surface area contributed by atoms with Crippen LogP contribution in [0.3, 0.4) is 0 Å². The van der Waals surface area contributed by atoms with Gasteiger partial charge in [0.05, 0.1) is 6.54 Å². The molecule has 1 N–H and O–H groups in total. The fraction of sp³-hybridized carbons (Fsp3) is 0.929. The van der Waals surface area contributed by atoms with Gasteiger partial charge >= 0.3 is 0 Å². The summed E-state index contributed by atoms with van der Waals surface area (Å²) in [4.78, 5) is 13.9. The number of carbonyl (C=O) groups is 1. The summed E-state index contributed by atoms with van der Waals surface area (Å²) >= 11 is 0. The zero-order valence-corrected chi connectivity index (χ0v) is 12.1. The number of hydrogen-bond donors (Lipinski definition) is 1. The molecule has 4 nitrogen and oxygen atoms in total. The van der Waals surface area contributed by atoms with Gasteiger partial charge in [0.2, 0.25) is 5.91 Å². The molecule has 1 rings (SSSR count). The van der Waals surface area contributed by atoms with Crippen molar-refractivity contribution in [3.63, 3.8) is 0 Å². The minimum atomic E-state index is 0.155. The van der Waals surface area contributed by atoms with E-state index in [1.165, 1.54) is 19.3 Å². The molecule has 0 unspecified atom stereocenters. The van der Waals surface area contributed by atoms with Gasteiger partial charge in [-0.1, -0.05) is 0 Å². The fourth-order valence-corrected chi connectivity index (χ4v) is 2.52. The molecule has 1 aliphatic heterocycles. The SMILES string of the molecule is COCCCC1CCN(CC(=O)NC(C)C)CC1. The van der Waals surface area contributed by atoms with E-state index in [-0.39, 0.29) is 11.9 Å². The molecule has 0 aromatic rings. The third-order valence-electron chi connectivity index (χ3n) is 3.48. The molecule has 18 heavy (non-hydrogen) atoms. The lowest BCUT2D eigenvalue weighted by Gasteiger charge is -2.31. The number of rotatable bonds is 7. The highest BCUT2D eigenvalue weighted by molar-refractivity contribution is 5.78. The Morgan fingerprint density at radius 2 is 2.06 bits per heavy atom. The maximum Gasteiger partial charge on any atom is 0.234 e. The van der Waals surface area contributed by atoms with Crippen molar-refractivity contribution in [2.75, 3.05) is 33.4 Å². The van der Waals surface area contributed by atoms with Crippen molar-refractivity contribution in [3.05, 3.63) is 0 Å². The molecule has 4 heteroatoms. The summed E-state index contributed by atoms with van der Waals surface area (Å²) in [6, 6.07) is 0.240. The number of methoxy groups -OCH3 is 1. The van der Waals surface area contributed by atoms with Gasteiger partial charge in [-0.3, -0.25) is 9.69 Å². The molecule has 0 spiro atoms. The van der Waals surface area contributed by atoms with E-state index in [0.29, 0.717) is 6.54 Å². The van der Waals surface area contributed by atoms with Crippen molar-refractivity contribution < 1.29 is 9.53 Å². The first kappa shape index (κ1) is 15.4. The van der Waals surface area contributed by atoms with E-state index in [4.69, 9.17) is 4.74 Å². The Morgan fingerprint density at radius 3 is 2.61 bits per heavy atom. The van der Waals surface area contributed by atoms with Gasteiger partial charge < -0.3 is 10.1 Å². The van der Waals surface area contributed by atoms with Gasteiger partial charge in [-0.05, 0) is 58.5 Å². The molecule has 1 heterocycles. The van der Waals surface area contributed by atoms with Crippen LogP contribution in [-0.4, -0.2) is 50.2 Å². The van der Waals surface area contributed by atoms with Gasteiger partial charge in [0.15, 0.2) is 0 Å². The normalized spacial score (nSPS) is 18.2. The minimum Gasteiger partial charge on any atom is -0.385 e. The molecule has 0 saturated carbocycles. The van der Waals surface area contributed by atoms with Gasteiger partial charge in [0.1, 0.15) is 0 Å². The number of ether oxygens (including phenoxy) is 1. The average Bonchev–Trinajstić information content (AvgIpc) is 2.30. The van der Waals surface area contributed by atoms with Crippen LogP contribution in [0.5, 0.6) is 0 Å². The summed E-state index contributed by atoms with van der Waals surface area (Å²) in [7, 11) is 1.76. The maximum absolute atomic E-state index is 11.6.